The fourth-order valence-electron chi connectivity index (χ4n) is 2.97. The fraction of sp³-hybridized carbons (Fsp3) is 0.400. The number of halogens is 1. The Kier molecular flexibility index (Phi) is 3.52. The number of methoxy groups -OCH3 is 1. The molecule has 3 nitrogen and oxygen atoms in total. The molecule has 0 saturated carbocycles. The van der Waals surface area contributed by atoms with Crippen molar-refractivity contribution in [2.75, 3.05) is 11.5 Å². The minimum Gasteiger partial charge on any atom is -0.497 e. The van der Waals surface area contributed by atoms with E-state index >= 15 is 0 Å². The van der Waals surface area contributed by atoms with Crippen LogP contribution in [0, 0.1) is 11.8 Å². The third kappa shape index (κ3) is 2.16. The standard InChI is InChI=1S/C15H16INO2/c1-19-11-4-2-10(3-5-11)9-17-14-7-6-12(15(17)18)13(14)8-16/h2-7,12-14H,8-9H2,1H3. The molecule has 1 amide bonds. The van der Waals surface area contributed by atoms with Crippen LogP contribution in [0.1, 0.15) is 5.56 Å². The van der Waals surface area contributed by atoms with Crippen molar-refractivity contribution in [3.05, 3.63) is 42.0 Å². The van der Waals surface area contributed by atoms with Crippen LogP contribution in [-0.4, -0.2) is 28.4 Å². The van der Waals surface area contributed by atoms with Crippen LogP contribution in [0.2, 0.25) is 0 Å². The summed E-state index contributed by atoms with van der Waals surface area (Å²) in [5.74, 6) is 1.71. The molecule has 1 aromatic rings. The number of amides is 1. The molecule has 1 heterocycles. The molecule has 1 saturated heterocycles. The van der Waals surface area contributed by atoms with Gasteiger partial charge >= 0.3 is 0 Å². The van der Waals surface area contributed by atoms with E-state index in [4.69, 9.17) is 4.74 Å². The molecule has 1 aromatic carbocycles. The lowest BCUT2D eigenvalue weighted by atomic mass is 10.00. The molecule has 3 rings (SSSR count). The predicted molar refractivity (Wildman–Crippen MR) is 82.3 cm³/mol. The number of carbonyl (C=O) groups excluding carboxylic acids is 1. The predicted octanol–water partition coefficient (Wildman–Crippen LogP) is 2.64. The van der Waals surface area contributed by atoms with E-state index in [-0.39, 0.29) is 17.9 Å². The molecule has 1 fully saturated rings. The summed E-state index contributed by atoms with van der Waals surface area (Å²) in [6.45, 7) is 0.696. The summed E-state index contributed by atoms with van der Waals surface area (Å²) < 4.78 is 6.18. The average Bonchev–Trinajstić information content (AvgIpc) is 2.97. The van der Waals surface area contributed by atoms with Crippen LogP contribution in [0.25, 0.3) is 0 Å². The topological polar surface area (TPSA) is 29.5 Å². The number of carbonyl (C=O) groups is 1. The normalized spacial score (nSPS) is 28.2. The Morgan fingerprint density at radius 1 is 1.26 bits per heavy atom. The molecule has 1 aliphatic heterocycles. The third-order valence-corrected chi connectivity index (χ3v) is 5.05. The van der Waals surface area contributed by atoms with Crippen molar-refractivity contribution in [2.45, 2.75) is 12.6 Å². The van der Waals surface area contributed by atoms with Crippen molar-refractivity contribution in [1.82, 2.24) is 4.90 Å². The monoisotopic (exact) mass is 369 g/mol. The zero-order valence-electron chi connectivity index (χ0n) is 10.8. The van der Waals surface area contributed by atoms with Crippen LogP contribution in [0.3, 0.4) is 0 Å². The van der Waals surface area contributed by atoms with Crippen molar-refractivity contribution >= 4 is 28.5 Å². The van der Waals surface area contributed by atoms with Crippen molar-refractivity contribution in [1.29, 1.82) is 0 Å². The van der Waals surface area contributed by atoms with Gasteiger partial charge in [-0.2, -0.15) is 0 Å². The number of hydrogen-bond acceptors (Lipinski definition) is 2. The van der Waals surface area contributed by atoms with Crippen LogP contribution in [0.4, 0.5) is 0 Å². The Labute approximate surface area is 126 Å². The zero-order valence-corrected chi connectivity index (χ0v) is 12.9. The lowest BCUT2D eigenvalue weighted by Crippen LogP contribution is -2.34. The molecule has 19 heavy (non-hydrogen) atoms. The SMILES string of the molecule is COc1ccc(CN2C(=O)C3C=CC2C3CI)cc1. The van der Waals surface area contributed by atoms with Gasteiger partial charge in [-0.1, -0.05) is 46.9 Å². The smallest absolute Gasteiger partial charge is 0.230 e. The van der Waals surface area contributed by atoms with Crippen molar-refractivity contribution in [2.24, 2.45) is 11.8 Å². The lowest BCUT2D eigenvalue weighted by Gasteiger charge is -2.25. The average molecular weight is 369 g/mol. The minimum atomic E-state index is 0.111. The fourth-order valence-corrected chi connectivity index (χ4v) is 4.04. The van der Waals surface area contributed by atoms with Gasteiger partial charge in [-0.15, -0.1) is 0 Å². The summed E-state index contributed by atoms with van der Waals surface area (Å²) in [4.78, 5) is 14.3. The molecule has 3 unspecified atom stereocenters. The molecular formula is C15H16INO2. The summed E-state index contributed by atoms with van der Waals surface area (Å²) in [5.41, 5.74) is 1.15. The number of alkyl halides is 1. The maximum absolute atomic E-state index is 12.3. The first-order valence-corrected chi connectivity index (χ1v) is 7.95. The number of fused-ring (bicyclic) bond motifs is 2. The number of rotatable bonds is 4. The van der Waals surface area contributed by atoms with E-state index in [9.17, 15) is 4.79 Å². The summed E-state index contributed by atoms with van der Waals surface area (Å²) in [5, 5.41) is 0. The molecule has 2 bridgehead atoms. The molecule has 3 atom stereocenters. The maximum Gasteiger partial charge on any atom is 0.230 e. The van der Waals surface area contributed by atoms with E-state index in [0.717, 1.165) is 15.7 Å². The number of nitrogens with zero attached hydrogens (tertiary/aromatic N) is 1. The zero-order chi connectivity index (χ0) is 13.4. The quantitative estimate of drug-likeness (QED) is 0.464. The highest BCUT2D eigenvalue weighted by atomic mass is 127. The van der Waals surface area contributed by atoms with Crippen LogP contribution in [0.15, 0.2) is 36.4 Å². The number of hydrogen-bond donors (Lipinski definition) is 0. The van der Waals surface area contributed by atoms with Gasteiger partial charge in [0.1, 0.15) is 5.75 Å². The Morgan fingerprint density at radius 2 is 2.00 bits per heavy atom. The van der Waals surface area contributed by atoms with Crippen molar-refractivity contribution < 1.29 is 9.53 Å². The minimum absolute atomic E-state index is 0.111. The summed E-state index contributed by atoms with van der Waals surface area (Å²) in [6, 6.07) is 8.23. The second-order valence-corrected chi connectivity index (χ2v) is 5.91. The van der Waals surface area contributed by atoms with Gasteiger partial charge in [0.25, 0.3) is 0 Å². The molecule has 0 aromatic heterocycles. The number of benzene rings is 1. The molecule has 2 aliphatic rings. The van der Waals surface area contributed by atoms with E-state index in [1.165, 1.54) is 0 Å². The lowest BCUT2D eigenvalue weighted by molar-refractivity contribution is -0.131. The highest BCUT2D eigenvalue weighted by molar-refractivity contribution is 14.1. The van der Waals surface area contributed by atoms with Gasteiger partial charge in [0, 0.05) is 16.9 Å². The van der Waals surface area contributed by atoms with Crippen LogP contribution >= 0.6 is 22.6 Å². The summed E-state index contributed by atoms with van der Waals surface area (Å²) >= 11 is 2.38. The summed E-state index contributed by atoms with van der Waals surface area (Å²) in [7, 11) is 1.66. The van der Waals surface area contributed by atoms with Gasteiger partial charge < -0.3 is 9.64 Å². The Morgan fingerprint density at radius 3 is 2.58 bits per heavy atom. The second kappa shape index (κ2) is 5.15. The van der Waals surface area contributed by atoms with E-state index < -0.39 is 0 Å². The highest BCUT2D eigenvalue weighted by Crippen LogP contribution is 2.40. The Hall–Kier alpha value is -1.04. The van der Waals surface area contributed by atoms with Gasteiger partial charge in [0.2, 0.25) is 5.91 Å². The largest absolute Gasteiger partial charge is 0.497 e. The third-order valence-electron chi connectivity index (χ3n) is 4.03. The molecule has 100 valence electrons. The molecule has 0 radical (unpaired) electrons. The van der Waals surface area contributed by atoms with Crippen LogP contribution in [-0.2, 0) is 11.3 Å². The maximum atomic E-state index is 12.3. The first-order valence-electron chi connectivity index (χ1n) is 6.42. The van der Waals surface area contributed by atoms with Crippen LogP contribution < -0.4 is 4.74 Å². The van der Waals surface area contributed by atoms with E-state index in [0.29, 0.717) is 12.5 Å². The van der Waals surface area contributed by atoms with Crippen LogP contribution in [0.5, 0.6) is 5.75 Å². The Balaban J connectivity index is 1.76. The van der Waals surface area contributed by atoms with Gasteiger partial charge in [0.15, 0.2) is 0 Å². The first-order chi connectivity index (χ1) is 9.24. The van der Waals surface area contributed by atoms with Gasteiger partial charge in [-0.05, 0) is 17.7 Å². The van der Waals surface area contributed by atoms with Crippen molar-refractivity contribution in [3.8, 4) is 5.75 Å². The second-order valence-electron chi connectivity index (χ2n) is 5.03. The molecule has 0 spiro atoms. The molecule has 0 N–H and O–H groups in total. The molecule has 4 heteroatoms. The van der Waals surface area contributed by atoms with E-state index in [1.54, 1.807) is 7.11 Å². The highest BCUT2D eigenvalue weighted by Gasteiger charge is 2.48. The van der Waals surface area contributed by atoms with Gasteiger partial charge in [-0.3, -0.25) is 4.79 Å². The van der Waals surface area contributed by atoms with Gasteiger partial charge in [0.05, 0.1) is 19.1 Å². The number of ether oxygens (including phenoxy) is 1. The molecular weight excluding hydrogens is 353 g/mol. The van der Waals surface area contributed by atoms with E-state index in [2.05, 4.69) is 34.7 Å². The van der Waals surface area contributed by atoms with Gasteiger partial charge in [-0.25, -0.2) is 0 Å². The summed E-state index contributed by atoms with van der Waals surface area (Å²) in [6.07, 6.45) is 4.28. The van der Waals surface area contributed by atoms with Crippen molar-refractivity contribution in [3.63, 3.8) is 0 Å². The number of likely N-dealkylation sites (tertiary alicyclic amines) is 1. The Bertz CT molecular complexity index is 511. The molecule has 1 aliphatic carbocycles. The van der Waals surface area contributed by atoms with E-state index in [1.807, 2.05) is 29.2 Å². The first kappa shape index (κ1) is 13.0.